The number of amides is 1. The zero-order valence-corrected chi connectivity index (χ0v) is 15.3. The fourth-order valence-corrected chi connectivity index (χ4v) is 3.88. The minimum absolute atomic E-state index is 0.00864. The van der Waals surface area contributed by atoms with Crippen molar-refractivity contribution in [3.63, 3.8) is 0 Å². The Labute approximate surface area is 147 Å². The SMILES string of the molecule is Cc1ccc(OCc2nc(C)c(C(=O)NC3CCCC3)s2)cc1C. The first-order valence-corrected chi connectivity index (χ1v) is 9.32. The van der Waals surface area contributed by atoms with E-state index in [9.17, 15) is 4.79 Å². The average molecular weight is 344 g/mol. The zero-order valence-electron chi connectivity index (χ0n) is 14.5. The molecule has 1 amide bonds. The lowest BCUT2D eigenvalue weighted by Gasteiger charge is -2.10. The van der Waals surface area contributed by atoms with E-state index in [-0.39, 0.29) is 5.91 Å². The molecule has 0 spiro atoms. The lowest BCUT2D eigenvalue weighted by molar-refractivity contribution is 0.0941. The summed E-state index contributed by atoms with van der Waals surface area (Å²) in [6, 6.07) is 6.38. The van der Waals surface area contributed by atoms with Gasteiger partial charge in [0, 0.05) is 6.04 Å². The number of nitrogens with zero attached hydrogens (tertiary/aromatic N) is 1. The molecule has 0 unspecified atom stereocenters. The van der Waals surface area contributed by atoms with E-state index >= 15 is 0 Å². The molecule has 5 heteroatoms. The van der Waals surface area contributed by atoms with Crippen LogP contribution in [0.25, 0.3) is 0 Å². The Morgan fingerprint density at radius 2 is 2.00 bits per heavy atom. The number of rotatable bonds is 5. The summed E-state index contributed by atoms with van der Waals surface area (Å²) in [4.78, 5) is 17.6. The van der Waals surface area contributed by atoms with Crippen molar-refractivity contribution < 1.29 is 9.53 Å². The van der Waals surface area contributed by atoms with Gasteiger partial charge in [-0.15, -0.1) is 11.3 Å². The topological polar surface area (TPSA) is 51.2 Å². The standard InChI is InChI=1S/C19H24N2O2S/c1-12-8-9-16(10-13(12)2)23-11-17-20-14(3)18(24-17)19(22)21-15-6-4-5-7-15/h8-10,15H,4-7,11H2,1-3H3,(H,21,22). The molecule has 1 aliphatic rings. The summed E-state index contributed by atoms with van der Waals surface area (Å²) in [5, 5.41) is 3.96. The third-order valence-electron chi connectivity index (χ3n) is 4.58. The number of ether oxygens (including phenoxy) is 1. The quantitative estimate of drug-likeness (QED) is 0.879. The molecule has 1 fully saturated rings. The molecule has 1 aliphatic carbocycles. The van der Waals surface area contributed by atoms with Crippen LogP contribution < -0.4 is 10.1 Å². The van der Waals surface area contributed by atoms with Gasteiger partial charge in [0.1, 0.15) is 22.2 Å². The summed E-state index contributed by atoms with van der Waals surface area (Å²) in [6.07, 6.45) is 4.60. The molecule has 1 aromatic carbocycles. The highest BCUT2D eigenvalue weighted by molar-refractivity contribution is 7.13. The molecular formula is C19H24N2O2S. The third-order valence-corrected chi connectivity index (χ3v) is 5.71. The Morgan fingerprint density at radius 1 is 1.25 bits per heavy atom. The van der Waals surface area contributed by atoms with Crippen LogP contribution in [0.4, 0.5) is 0 Å². The highest BCUT2D eigenvalue weighted by atomic mass is 32.1. The average Bonchev–Trinajstić information content (AvgIpc) is 3.18. The maximum atomic E-state index is 12.4. The normalized spacial score (nSPS) is 14.8. The summed E-state index contributed by atoms with van der Waals surface area (Å²) < 4.78 is 5.83. The van der Waals surface area contributed by atoms with E-state index in [4.69, 9.17) is 4.74 Å². The molecule has 1 N–H and O–H groups in total. The fraction of sp³-hybridized carbons (Fsp3) is 0.474. The van der Waals surface area contributed by atoms with Crippen molar-refractivity contribution in [2.75, 3.05) is 0 Å². The van der Waals surface area contributed by atoms with E-state index in [1.165, 1.54) is 35.3 Å². The number of benzene rings is 1. The van der Waals surface area contributed by atoms with Gasteiger partial charge in [-0.1, -0.05) is 18.9 Å². The number of nitrogens with one attached hydrogen (secondary N) is 1. The van der Waals surface area contributed by atoms with Crippen LogP contribution in [0.1, 0.15) is 57.2 Å². The molecule has 128 valence electrons. The zero-order chi connectivity index (χ0) is 17.1. The second kappa shape index (κ2) is 7.34. The molecule has 24 heavy (non-hydrogen) atoms. The number of aryl methyl sites for hydroxylation is 3. The maximum Gasteiger partial charge on any atom is 0.263 e. The number of hydrogen-bond acceptors (Lipinski definition) is 4. The number of carbonyl (C=O) groups is 1. The molecule has 0 aliphatic heterocycles. The summed E-state index contributed by atoms with van der Waals surface area (Å²) in [5.74, 6) is 0.845. The van der Waals surface area contributed by atoms with Crippen LogP contribution in [0.2, 0.25) is 0 Å². The van der Waals surface area contributed by atoms with Crippen LogP contribution in [0, 0.1) is 20.8 Å². The van der Waals surface area contributed by atoms with E-state index in [0.717, 1.165) is 29.3 Å². The van der Waals surface area contributed by atoms with Crippen LogP contribution in [0.3, 0.4) is 0 Å². The number of hydrogen-bond donors (Lipinski definition) is 1. The van der Waals surface area contributed by atoms with Gasteiger partial charge in [0.15, 0.2) is 0 Å². The fourth-order valence-electron chi connectivity index (χ4n) is 2.99. The second-order valence-electron chi connectivity index (χ2n) is 6.51. The molecule has 0 radical (unpaired) electrons. The Hall–Kier alpha value is -1.88. The van der Waals surface area contributed by atoms with E-state index in [0.29, 0.717) is 17.5 Å². The Morgan fingerprint density at radius 3 is 2.71 bits per heavy atom. The summed E-state index contributed by atoms with van der Waals surface area (Å²) >= 11 is 1.43. The third kappa shape index (κ3) is 3.96. The largest absolute Gasteiger partial charge is 0.486 e. The summed E-state index contributed by atoms with van der Waals surface area (Å²) in [6.45, 7) is 6.43. The number of aromatic nitrogens is 1. The van der Waals surface area contributed by atoms with Gasteiger partial charge in [0.2, 0.25) is 0 Å². The molecule has 1 saturated carbocycles. The van der Waals surface area contributed by atoms with Crippen molar-refractivity contribution in [3.8, 4) is 5.75 Å². The van der Waals surface area contributed by atoms with Crippen molar-refractivity contribution in [2.24, 2.45) is 0 Å². The predicted molar refractivity (Wildman–Crippen MR) is 96.8 cm³/mol. The molecule has 0 bridgehead atoms. The van der Waals surface area contributed by atoms with E-state index in [1.54, 1.807) is 0 Å². The molecule has 1 heterocycles. The van der Waals surface area contributed by atoms with Crippen molar-refractivity contribution in [2.45, 2.75) is 59.1 Å². The molecule has 3 rings (SSSR count). The minimum Gasteiger partial charge on any atom is -0.486 e. The molecule has 4 nitrogen and oxygen atoms in total. The van der Waals surface area contributed by atoms with Crippen molar-refractivity contribution >= 4 is 17.2 Å². The van der Waals surface area contributed by atoms with E-state index in [1.807, 2.05) is 19.1 Å². The highest BCUT2D eigenvalue weighted by Gasteiger charge is 2.21. The van der Waals surface area contributed by atoms with Gasteiger partial charge in [-0.3, -0.25) is 4.79 Å². The maximum absolute atomic E-state index is 12.4. The first-order valence-electron chi connectivity index (χ1n) is 8.50. The lowest BCUT2D eigenvalue weighted by atomic mass is 10.1. The van der Waals surface area contributed by atoms with E-state index in [2.05, 4.69) is 30.2 Å². The summed E-state index contributed by atoms with van der Waals surface area (Å²) in [5.41, 5.74) is 3.24. The highest BCUT2D eigenvalue weighted by Crippen LogP contribution is 2.23. The first kappa shape index (κ1) is 17.0. The Bertz CT molecular complexity index is 733. The van der Waals surface area contributed by atoms with Gasteiger partial charge in [-0.25, -0.2) is 4.98 Å². The van der Waals surface area contributed by atoms with Crippen molar-refractivity contribution in [3.05, 3.63) is 44.9 Å². The Balaban J connectivity index is 1.62. The van der Waals surface area contributed by atoms with Crippen LogP contribution in [-0.2, 0) is 6.61 Å². The predicted octanol–water partition coefficient (Wildman–Crippen LogP) is 4.32. The van der Waals surface area contributed by atoms with Crippen LogP contribution in [0.5, 0.6) is 5.75 Å². The van der Waals surface area contributed by atoms with Gasteiger partial charge in [0.05, 0.1) is 5.69 Å². The van der Waals surface area contributed by atoms with Crippen molar-refractivity contribution in [1.29, 1.82) is 0 Å². The van der Waals surface area contributed by atoms with Crippen LogP contribution in [0.15, 0.2) is 18.2 Å². The van der Waals surface area contributed by atoms with Crippen molar-refractivity contribution in [1.82, 2.24) is 10.3 Å². The van der Waals surface area contributed by atoms with Gasteiger partial charge in [-0.2, -0.15) is 0 Å². The van der Waals surface area contributed by atoms with Gasteiger partial charge in [0.25, 0.3) is 5.91 Å². The van der Waals surface area contributed by atoms with Crippen LogP contribution >= 0.6 is 11.3 Å². The monoisotopic (exact) mass is 344 g/mol. The van der Waals surface area contributed by atoms with Gasteiger partial charge < -0.3 is 10.1 Å². The molecular weight excluding hydrogens is 320 g/mol. The smallest absolute Gasteiger partial charge is 0.263 e. The number of carbonyl (C=O) groups excluding carboxylic acids is 1. The van der Waals surface area contributed by atoms with Gasteiger partial charge in [-0.05, 0) is 56.9 Å². The molecule has 1 aromatic heterocycles. The molecule has 0 saturated heterocycles. The summed E-state index contributed by atoms with van der Waals surface area (Å²) in [7, 11) is 0. The number of thiazole rings is 1. The Kier molecular flexibility index (Phi) is 5.19. The molecule has 0 atom stereocenters. The van der Waals surface area contributed by atoms with Gasteiger partial charge >= 0.3 is 0 Å². The van der Waals surface area contributed by atoms with Crippen LogP contribution in [-0.4, -0.2) is 16.9 Å². The second-order valence-corrected chi connectivity index (χ2v) is 7.60. The lowest BCUT2D eigenvalue weighted by Crippen LogP contribution is -2.32. The minimum atomic E-state index is 0.00864. The molecule has 2 aromatic rings. The van der Waals surface area contributed by atoms with E-state index < -0.39 is 0 Å². The first-order chi connectivity index (χ1) is 11.5.